The molecule has 106 valence electrons. The number of rotatable bonds is 5. The minimum absolute atomic E-state index is 0.109. The van der Waals surface area contributed by atoms with E-state index in [4.69, 9.17) is 4.74 Å². The molecule has 0 aromatic heterocycles. The standard InChI is InChI=1S/C12H23NO4S/c1-10(2)18(15,16)9-8-13-7-5-4-6-11(13)12(14)17-3/h10-11H,4-9H2,1-3H3. The third-order valence-electron chi connectivity index (χ3n) is 3.47. The summed E-state index contributed by atoms with van der Waals surface area (Å²) in [5.41, 5.74) is 0. The molecule has 0 amide bonds. The first-order chi connectivity index (χ1) is 8.38. The molecular formula is C12H23NO4S. The van der Waals surface area contributed by atoms with E-state index in [1.165, 1.54) is 7.11 Å². The lowest BCUT2D eigenvalue weighted by atomic mass is 10.0. The highest BCUT2D eigenvalue weighted by molar-refractivity contribution is 7.92. The van der Waals surface area contributed by atoms with Gasteiger partial charge < -0.3 is 4.74 Å². The number of methoxy groups -OCH3 is 1. The van der Waals surface area contributed by atoms with Crippen LogP contribution in [-0.4, -0.2) is 56.5 Å². The van der Waals surface area contributed by atoms with E-state index in [1.54, 1.807) is 13.8 Å². The molecule has 18 heavy (non-hydrogen) atoms. The summed E-state index contributed by atoms with van der Waals surface area (Å²) in [6.45, 7) is 4.56. The number of carbonyl (C=O) groups is 1. The lowest BCUT2D eigenvalue weighted by molar-refractivity contribution is -0.148. The van der Waals surface area contributed by atoms with Crippen LogP contribution in [0.3, 0.4) is 0 Å². The predicted octanol–water partition coefficient (Wildman–Crippen LogP) is 0.837. The van der Waals surface area contributed by atoms with Crippen LogP contribution in [0.5, 0.6) is 0 Å². The van der Waals surface area contributed by atoms with E-state index in [1.807, 2.05) is 4.90 Å². The van der Waals surface area contributed by atoms with E-state index in [2.05, 4.69) is 0 Å². The van der Waals surface area contributed by atoms with E-state index in [0.717, 1.165) is 25.8 Å². The van der Waals surface area contributed by atoms with Crippen molar-refractivity contribution >= 4 is 15.8 Å². The summed E-state index contributed by atoms with van der Waals surface area (Å²) >= 11 is 0. The number of piperidine rings is 1. The summed E-state index contributed by atoms with van der Waals surface area (Å²) in [6.07, 6.45) is 2.76. The van der Waals surface area contributed by atoms with Crippen LogP contribution in [0.25, 0.3) is 0 Å². The Morgan fingerprint density at radius 3 is 2.61 bits per heavy atom. The molecule has 1 unspecified atom stereocenters. The van der Waals surface area contributed by atoms with Crippen LogP contribution in [0.2, 0.25) is 0 Å². The Hall–Kier alpha value is -0.620. The lowest BCUT2D eigenvalue weighted by Gasteiger charge is -2.33. The lowest BCUT2D eigenvalue weighted by Crippen LogP contribution is -2.47. The molecule has 0 N–H and O–H groups in total. The van der Waals surface area contributed by atoms with Gasteiger partial charge in [0.1, 0.15) is 6.04 Å². The third-order valence-corrected chi connectivity index (χ3v) is 5.66. The number of ether oxygens (including phenoxy) is 1. The highest BCUT2D eigenvalue weighted by atomic mass is 32.2. The molecule has 0 spiro atoms. The van der Waals surface area contributed by atoms with Gasteiger partial charge in [0.2, 0.25) is 0 Å². The van der Waals surface area contributed by atoms with E-state index in [0.29, 0.717) is 6.54 Å². The molecule has 1 aliphatic heterocycles. The normalized spacial score (nSPS) is 22.1. The van der Waals surface area contributed by atoms with E-state index >= 15 is 0 Å². The molecule has 0 aromatic rings. The van der Waals surface area contributed by atoms with Gasteiger partial charge in [0.05, 0.1) is 18.1 Å². The average Bonchev–Trinajstić information content (AvgIpc) is 2.35. The summed E-state index contributed by atoms with van der Waals surface area (Å²) in [6, 6.07) is -0.272. The van der Waals surface area contributed by atoms with Gasteiger partial charge in [-0.2, -0.15) is 0 Å². The molecule has 1 aliphatic rings. The number of likely N-dealkylation sites (tertiary alicyclic amines) is 1. The third kappa shape index (κ3) is 3.95. The van der Waals surface area contributed by atoms with Crippen molar-refractivity contribution in [2.24, 2.45) is 0 Å². The Labute approximate surface area is 109 Å². The van der Waals surface area contributed by atoms with Crippen LogP contribution in [0.15, 0.2) is 0 Å². The SMILES string of the molecule is COC(=O)C1CCCCN1CCS(=O)(=O)C(C)C. The number of sulfone groups is 1. The molecule has 1 saturated heterocycles. The first-order valence-electron chi connectivity index (χ1n) is 6.42. The number of carbonyl (C=O) groups excluding carboxylic acids is 1. The van der Waals surface area contributed by atoms with Gasteiger partial charge in [-0.1, -0.05) is 6.42 Å². The summed E-state index contributed by atoms with van der Waals surface area (Å²) in [5.74, 6) is -0.144. The summed E-state index contributed by atoms with van der Waals surface area (Å²) in [7, 11) is -1.67. The molecule has 0 radical (unpaired) electrons. The largest absolute Gasteiger partial charge is 0.468 e. The van der Waals surface area contributed by atoms with Gasteiger partial charge in [0.15, 0.2) is 9.84 Å². The van der Waals surface area contributed by atoms with Crippen molar-refractivity contribution < 1.29 is 17.9 Å². The van der Waals surface area contributed by atoms with Gasteiger partial charge in [-0.3, -0.25) is 9.69 Å². The van der Waals surface area contributed by atoms with Crippen molar-refractivity contribution in [2.75, 3.05) is 26.0 Å². The monoisotopic (exact) mass is 277 g/mol. The second-order valence-electron chi connectivity index (χ2n) is 4.99. The number of hydrogen-bond donors (Lipinski definition) is 0. The van der Waals surface area contributed by atoms with Crippen molar-refractivity contribution in [2.45, 2.75) is 44.4 Å². The number of nitrogens with zero attached hydrogens (tertiary/aromatic N) is 1. The average molecular weight is 277 g/mol. The Kier molecular flexibility index (Phi) is 5.59. The van der Waals surface area contributed by atoms with Crippen LogP contribution in [0.1, 0.15) is 33.1 Å². The molecular weight excluding hydrogens is 254 g/mol. The van der Waals surface area contributed by atoms with Crippen LogP contribution in [0.4, 0.5) is 0 Å². The topological polar surface area (TPSA) is 63.7 Å². The van der Waals surface area contributed by atoms with Gasteiger partial charge in [-0.05, 0) is 33.2 Å². The summed E-state index contributed by atoms with van der Waals surface area (Å²) < 4.78 is 28.3. The smallest absolute Gasteiger partial charge is 0.323 e. The van der Waals surface area contributed by atoms with Gasteiger partial charge in [-0.15, -0.1) is 0 Å². The molecule has 0 saturated carbocycles. The van der Waals surface area contributed by atoms with Crippen molar-refractivity contribution in [1.29, 1.82) is 0 Å². The summed E-state index contributed by atoms with van der Waals surface area (Å²) in [5, 5.41) is -0.362. The summed E-state index contributed by atoms with van der Waals surface area (Å²) in [4.78, 5) is 13.6. The minimum atomic E-state index is -3.05. The van der Waals surface area contributed by atoms with Crippen molar-refractivity contribution in [3.05, 3.63) is 0 Å². The van der Waals surface area contributed by atoms with E-state index in [9.17, 15) is 13.2 Å². The Morgan fingerprint density at radius 2 is 2.06 bits per heavy atom. The predicted molar refractivity (Wildman–Crippen MR) is 70.2 cm³/mol. The maximum Gasteiger partial charge on any atom is 0.323 e. The fraction of sp³-hybridized carbons (Fsp3) is 0.917. The zero-order valence-corrected chi connectivity index (χ0v) is 12.2. The molecule has 6 heteroatoms. The number of esters is 1. The van der Waals surface area contributed by atoms with Crippen molar-refractivity contribution in [1.82, 2.24) is 4.90 Å². The van der Waals surface area contributed by atoms with Crippen LogP contribution < -0.4 is 0 Å². The van der Waals surface area contributed by atoms with Gasteiger partial charge in [0.25, 0.3) is 0 Å². The number of hydrogen-bond acceptors (Lipinski definition) is 5. The molecule has 0 aliphatic carbocycles. The maximum absolute atomic E-state index is 11.8. The fourth-order valence-electron chi connectivity index (χ4n) is 2.14. The molecule has 1 atom stereocenters. The quantitative estimate of drug-likeness (QED) is 0.697. The van der Waals surface area contributed by atoms with E-state index < -0.39 is 9.84 Å². The molecule has 0 aromatic carbocycles. The fourth-order valence-corrected chi connectivity index (χ4v) is 3.10. The second-order valence-corrected chi connectivity index (χ2v) is 7.66. The molecule has 1 fully saturated rings. The van der Waals surface area contributed by atoms with Gasteiger partial charge in [0, 0.05) is 6.54 Å². The maximum atomic E-state index is 11.8. The van der Waals surface area contributed by atoms with Crippen molar-refractivity contribution in [3.8, 4) is 0 Å². The van der Waals surface area contributed by atoms with Crippen LogP contribution >= 0.6 is 0 Å². The zero-order valence-electron chi connectivity index (χ0n) is 11.4. The minimum Gasteiger partial charge on any atom is -0.468 e. The van der Waals surface area contributed by atoms with E-state index in [-0.39, 0.29) is 23.0 Å². The molecule has 0 bridgehead atoms. The van der Waals surface area contributed by atoms with Crippen LogP contribution in [0, 0.1) is 0 Å². The molecule has 1 rings (SSSR count). The second kappa shape index (κ2) is 6.52. The van der Waals surface area contributed by atoms with Gasteiger partial charge in [-0.25, -0.2) is 8.42 Å². The molecule has 5 nitrogen and oxygen atoms in total. The van der Waals surface area contributed by atoms with Crippen molar-refractivity contribution in [3.63, 3.8) is 0 Å². The Balaban J connectivity index is 2.61. The first kappa shape index (κ1) is 15.4. The highest BCUT2D eigenvalue weighted by Crippen LogP contribution is 2.18. The first-order valence-corrected chi connectivity index (χ1v) is 8.13. The Bertz CT molecular complexity index is 378. The Morgan fingerprint density at radius 1 is 1.39 bits per heavy atom. The highest BCUT2D eigenvalue weighted by Gasteiger charge is 2.30. The van der Waals surface area contributed by atoms with Crippen LogP contribution in [-0.2, 0) is 19.4 Å². The zero-order chi connectivity index (χ0) is 13.8. The van der Waals surface area contributed by atoms with Gasteiger partial charge >= 0.3 is 5.97 Å². The molecule has 1 heterocycles.